The second-order valence-electron chi connectivity index (χ2n) is 7.04. The van der Waals surface area contributed by atoms with Crippen molar-refractivity contribution in [2.24, 2.45) is 0 Å². The predicted molar refractivity (Wildman–Crippen MR) is 110 cm³/mol. The second-order valence-corrected chi connectivity index (χ2v) is 7.04. The normalized spacial score (nSPS) is 11.0. The number of benzene rings is 3. The van der Waals surface area contributed by atoms with Crippen molar-refractivity contribution in [1.82, 2.24) is 4.57 Å². The Hall–Kier alpha value is -3.67. The maximum atomic E-state index is 13.1. The molecule has 0 radical (unpaired) electrons. The van der Waals surface area contributed by atoms with Gasteiger partial charge in [-0.2, -0.15) is 0 Å². The van der Waals surface area contributed by atoms with E-state index in [1.807, 2.05) is 32.0 Å². The third kappa shape index (κ3) is 3.82. The van der Waals surface area contributed by atoms with Crippen molar-refractivity contribution in [2.45, 2.75) is 20.4 Å². The van der Waals surface area contributed by atoms with Crippen LogP contribution in [-0.2, 0) is 6.54 Å². The number of hydrogen-bond acceptors (Lipinski definition) is 3. The van der Waals surface area contributed by atoms with Gasteiger partial charge in [-0.25, -0.2) is 9.18 Å². The standard InChI is InChI=1S/C23H19FN2O3/c1-14-3-4-15(2)19(11-14)25-22(27)17-7-10-21-20(12-17)26(23(28)29-21)13-16-5-8-18(24)9-6-16/h3-12H,13H2,1-2H3,(H,25,27). The summed E-state index contributed by atoms with van der Waals surface area (Å²) in [6, 6.07) is 16.6. The Kier molecular flexibility index (Phi) is 4.76. The highest BCUT2D eigenvalue weighted by molar-refractivity contribution is 6.06. The van der Waals surface area contributed by atoms with Gasteiger partial charge in [0.25, 0.3) is 5.91 Å². The molecule has 0 aliphatic carbocycles. The molecule has 0 saturated heterocycles. The fourth-order valence-electron chi connectivity index (χ4n) is 3.19. The van der Waals surface area contributed by atoms with Crippen LogP contribution in [0.2, 0.25) is 0 Å². The molecule has 1 aromatic heterocycles. The third-order valence-corrected chi connectivity index (χ3v) is 4.82. The smallest absolute Gasteiger partial charge is 0.408 e. The van der Waals surface area contributed by atoms with Crippen LogP contribution < -0.4 is 11.1 Å². The zero-order valence-corrected chi connectivity index (χ0v) is 16.0. The Balaban J connectivity index is 1.68. The van der Waals surface area contributed by atoms with Gasteiger partial charge in [-0.05, 0) is 66.9 Å². The van der Waals surface area contributed by atoms with Gasteiger partial charge in [0, 0.05) is 11.3 Å². The lowest BCUT2D eigenvalue weighted by molar-refractivity contribution is 0.102. The Labute approximate surface area is 166 Å². The summed E-state index contributed by atoms with van der Waals surface area (Å²) in [5.74, 6) is -1.15. The molecule has 0 saturated carbocycles. The average molecular weight is 390 g/mol. The van der Waals surface area contributed by atoms with E-state index < -0.39 is 5.76 Å². The van der Waals surface area contributed by atoms with Crippen LogP contribution >= 0.6 is 0 Å². The lowest BCUT2D eigenvalue weighted by atomic mass is 10.1. The minimum atomic E-state index is -0.531. The third-order valence-electron chi connectivity index (χ3n) is 4.82. The first kappa shape index (κ1) is 18.7. The summed E-state index contributed by atoms with van der Waals surface area (Å²) in [6.45, 7) is 4.10. The number of oxazole rings is 1. The van der Waals surface area contributed by atoms with Gasteiger partial charge < -0.3 is 9.73 Å². The summed E-state index contributed by atoms with van der Waals surface area (Å²) >= 11 is 0. The van der Waals surface area contributed by atoms with Crippen LogP contribution in [0.1, 0.15) is 27.0 Å². The maximum Gasteiger partial charge on any atom is 0.420 e. The van der Waals surface area contributed by atoms with E-state index in [4.69, 9.17) is 4.42 Å². The first-order valence-electron chi connectivity index (χ1n) is 9.17. The van der Waals surface area contributed by atoms with E-state index in [9.17, 15) is 14.0 Å². The molecule has 4 aromatic rings. The summed E-state index contributed by atoms with van der Waals surface area (Å²) in [5.41, 5.74) is 4.80. The number of rotatable bonds is 4. The minimum absolute atomic E-state index is 0.216. The Morgan fingerprint density at radius 1 is 1.03 bits per heavy atom. The quantitative estimate of drug-likeness (QED) is 0.552. The first-order chi connectivity index (χ1) is 13.9. The zero-order valence-electron chi connectivity index (χ0n) is 16.0. The number of anilines is 1. The Bertz CT molecular complexity index is 1270. The van der Waals surface area contributed by atoms with E-state index in [2.05, 4.69) is 5.32 Å². The summed E-state index contributed by atoms with van der Waals surface area (Å²) in [5, 5.41) is 2.92. The van der Waals surface area contributed by atoms with Crippen molar-refractivity contribution in [3.8, 4) is 0 Å². The van der Waals surface area contributed by atoms with Crippen LogP contribution in [0.3, 0.4) is 0 Å². The van der Waals surface area contributed by atoms with Gasteiger partial charge >= 0.3 is 5.76 Å². The van der Waals surface area contributed by atoms with E-state index >= 15 is 0 Å². The molecule has 0 spiro atoms. The molecule has 3 aromatic carbocycles. The summed E-state index contributed by atoms with van der Waals surface area (Å²) < 4.78 is 19.9. The van der Waals surface area contributed by atoms with Crippen molar-refractivity contribution in [1.29, 1.82) is 0 Å². The van der Waals surface area contributed by atoms with Crippen molar-refractivity contribution in [3.05, 3.63) is 99.3 Å². The number of nitrogens with zero attached hydrogens (tertiary/aromatic N) is 1. The molecule has 0 fully saturated rings. The van der Waals surface area contributed by atoms with Crippen molar-refractivity contribution in [2.75, 3.05) is 5.32 Å². The number of aryl methyl sites for hydroxylation is 2. The van der Waals surface area contributed by atoms with Crippen molar-refractivity contribution >= 4 is 22.7 Å². The molecular weight excluding hydrogens is 371 g/mol. The van der Waals surface area contributed by atoms with Crippen LogP contribution in [0.15, 0.2) is 69.9 Å². The van der Waals surface area contributed by atoms with Crippen LogP contribution in [-0.4, -0.2) is 10.5 Å². The number of carbonyl (C=O) groups is 1. The molecule has 146 valence electrons. The highest BCUT2D eigenvalue weighted by Gasteiger charge is 2.14. The summed E-state index contributed by atoms with van der Waals surface area (Å²) in [6.07, 6.45) is 0. The minimum Gasteiger partial charge on any atom is -0.408 e. The van der Waals surface area contributed by atoms with Crippen molar-refractivity contribution < 1.29 is 13.6 Å². The molecule has 1 N–H and O–H groups in total. The van der Waals surface area contributed by atoms with Gasteiger partial charge in [0.15, 0.2) is 5.58 Å². The molecule has 5 nitrogen and oxygen atoms in total. The molecule has 4 rings (SSSR count). The highest BCUT2D eigenvalue weighted by atomic mass is 19.1. The average Bonchev–Trinajstić information content (AvgIpc) is 3.01. The van der Waals surface area contributed by atoms with Gasteiger partial charge in [-0.3, -0.25) is 9.36 Å². The van der Waals surface area contributed by atoms with Crippen LogP contribution in [0.4, 0.5) is 10.1 Å². The van der Waals surface area contributed by atoms with E-state index in [-0.39, 0.29) is 18.3 Å². The fraction of sp³-hybridized carbons (Fsp3) is 0.130. The van der Waals surface area contributed by atoms with Crippen LogP contribution in [0.5, 0.6) is 0 Å². The Morgan fingerprint density at radius 2 is 1.79 bits per heavy atom. The Morgan fingerprint density at radius 3 is 2.55 bits per heavy atom. The lowest BCUT2D eigenvalue weighted by Crippen LogP contribution is -2.16. The summed E-state index contributed by atoms with van der Waals surface area (Å²) in [4.78, 5) is 25.1. The fourth-order valence-corrected chi connectivity index (χ4v) is 3.19. The molecule has 0 aliphatic heterocycles. The van der Waals surface area contributed by atoms with Gasteiger partial charge in [0.1, 0.15) is 5.82 Å². The molecular formula is C23H19FN2O3. The molecule has 1 amide bonds. The number of fused-ring (bicyclic) bond motifs is 1. The van der Waals surface area contributed by atoms with Crippen molar-refractivity contribution in [3.63, 3.8) is 0 Å². The predicted octanol–water partition coefficient (Wildman–Crippen LogP) is 4.65. The number of nitrogens with one attached hydrogen (secondary N) is 1. The molecule has 0 unspecified atom stereocenters. The van der Waals surface area contributed by atoms with E-state index in [1.165, 1.54) is 16.7 Å². The maximum absolute atomic E-state index is 13.1. The highest BCUT2D eigenvalue weighted by Crippen LogP contribution is 2.20. The van der Waals surface area contributed by atoms with Gasteiger partial charge in [0.2, 0.25) is 0 Å². The van der Waals surface area contributed by atoms with E-state index in [1.54, 1.807) is 30.3 Å². The van der Waals surface area contributed by atoms with Gasteiger partial charge in [-0.1, -0.05) is 24.3 Å². The zero-order chi connectivity index (χ0) is 20.5. The first-order valence-corrected chi connectivity index (χ1v) is 9.17. The number of hydrogen-bond donors (Lipinski definition) is 1. The molecule has 0 bridgehead atoms. The largest absolute Gasteiger partial charge is 0.420 e. The van der Waals surface area contributed by atoms with Gasteiger partial charge in [-0.15, -0.1) is 0 Å². The van der Waals surface area contributed by atoms with Gasteiger partial charge in [0.05, 0.1) is 12.1 Å². The number of halogens is 1. The number of amides is 1. The second kappa shape index (κ2) is 7.39. The number of aromatic nitrogens is 1. The molecule has 0 aliphatic rings. The van der Waals surface area contributed by atoms with E-state index in [0.29, 0.717) is 16.7 Å². The SMILES string of the molecule is Cc1ccc(C)c(NC(=O)c2ccc3oc(=O)n(Cc4ccc(F)cc4)c3c2)c1. The lowest BCUT2D eigenvalue weighted by Gasteiger charge is -2.10. The molecule has 0 atom stereocenters. The molecule has 1 heterocycles. The topological polar surface area (TPSA) is 64.2 Å². The monoisotopic (exact) mass is 390 g/mol. The molecule has 29 heavy (non-hydrogen) atoms. The van der Waals surface area contributed by atoms with E-state index in [0.717, 1.165) is 22.4 Å². The summed E-state index contributed by atoms with van der Waals surface area (Å²) in [7, 11) is 0. The van der Waals surface area contributed by atoms with Crippen LogP contribution in [0, 0.1) is 19.7 Å². The molecule has 6 heteroatoms. The number of carbonyl (C=O) groups excluding carboxylic acids is 1. The van der Waals surface area contributed by atoms with Crippen LogP contribution in [0.25, 0.3) is 11.1 Å².